The van der Waals surface area contributed by atoms with Gasteiger partial charge >= 0.3 is 0 Å². The van der Waals surface area contributed by atoms with E-state index < -0.39 is 41.3 Å². The second kappa shape index (κ2) is 20.1. The van der Waals surface area contributed by atoms with Gasteiger partial charge in [0.05, 0.1) is 46.6 Å². The highest BCUT2D eigenvalue weighted by Crippen LogP contribution is 2.39. The van der Waals surface area contributed by atoms with Gasteiger partial charge in [-0.3, -0.25) is 19.2 Å². The number of nitrogens with zero attached hydrogens (tertiary/aromatic N) is 4. The minimum atomic E-state index is -0.989. The number of carbonyl (C=O) groups excluding carboxylic acids is 4. The number of β-amino-alcohol motifs (C(OH)–C–C–N with tert-alkyl or cyclic N) is 1. The minimum Gasteiger partial charge on any atom is -0.493 e. The van der Waals surface area contributed by atoms with Crippen molar-refractivity contribution < 1.29 is 38.3 Å². The monoisotopic (exact) mass is 939 g/mol. The molecule has 1 aliphatic rings. The molecule has 16 heteroatoms. The predicted octanol–water partition coefficient (Wildman–Crippen LogP) is 7.24. The van der Waals surface area contributed by atoms with E-state index in [1.807, 2.05) is 114 Å². The second-order valence-electron chi connectivity index (χ2n) is 18.4. The smallest absolute Gasteiger partial charge is 0.249 e. The molecule has 68 heavy (non-hydrogen) atoms. The summed E-state index contributed by atoms with van der Waals surface area (Å²) in [6, 6.07) is 25.7. The first kappa shape index (κ1) is 47.6. The number of rotatable bonds is 17. The molecule has 0 bridgehead atoms. The summed E-state index contributed by atoms with van der Waals surface area (Å²) in [5.74, 6) is -0.663. The number of hydrogen-bond acceptors (Lipinski definition) is 11. The number of likely N-dealkylation sites (tertiary alicyclic amines) is 1. The second-order valence-corrected chi connectivity index (χ2v) is 19.3. The number of aliphatic hydroxyl groups excluding tert-OH is 1. The third-order valence-electron chi connectivity index (χ3n) is 12.4. The Morgan fingerprint density at radius 3 is 2.37 bits per heavy atom. The number of ether oxygens (including phenoxy) is 2. The molecule has 7 aromatic rings. The molecule has 4 heterocycles. The molecule has 1 unspecified atom stereocenters. The summed E-state index contributed by atoms with van der Waals surface area (Å²) in [6.45, 7) is 12.1. The highest BCUT2D eigenvalue weighted by atomic mass is 32.1. The van der Waals surface area contributed by atoms with Crippen LogP contribution in [0.3, 0.4) is 0 Å². The maximum Gasteiger partial charge on any atom is 0.249 e. The number of fused-ring (bicyclic) bond motifs is 3. The molecule has 5 N–H and O–H groups in total. The van der Waals surface area contributed by atoms with Crippen LogP contribution in [-0.2, 0) is 32.2 Å². The lowest BCUT2D eigenvalue weighted by Crippen LogP contribution is -2.58. The van der Waals surface area contributed by atoms with Crippen molar-refractivity contribution in [2.45, 2.75) is 85.7 Å². The Hall–Kier alpha value is -6.88. The van der Waals surface area contributed by atoms with E-state index in [9.17, 15) is 24.3 Å². The SMILES string of the molecule is Cc1ncsc1-c1ccc(CNC(=O)[C@@H]2C[C@@H](O)CN2C(=O)C(NC(=O)COCCCOc2ccc3c(c2)c2c(C(N)=O)cc(-c4c(C)noc4C)cc2n3Cc2ccccc2)C(C)(C)C)cc1. The van der Waals surface area contributed by atoms with Crippen molar-refractivity contribution in [2.75, 3.05) is 26.4 Å². The van der Waals surface area contributed by atoms with Crippen LogP contribution in [0.1, 0.15) is 72.2 Å². The number of amides is 4. The number of aliphatic hydroxyl groups is 1. The number of nitrogens with one attached hydrogen (secondary N) is 2. The minimum absolute atomic E-state index is 0.0296. The highest BCUT2D eigenvalue weighted by Gasteiger charge is 2.44. The molecular formula is C52H57N7O8S. The van der Waals surface area contributed by atoms with Crippen LogP contribution in [0, 0.1) is 26.2 Å². The fourth-order valence-electron chi connectivity index (χ4n) is 8.96. The van der Waals surface area contributed by atoms with Crippen LogP contribution in [0.25, 0.3) is 43.4 Å². The number of aromatic nitrogens is 3. The largest absolute Gasteiger partial charge is 0.493 e. The third kappa shape index (κ3) is 10.3. The van der Waals surface area contributed by atoms with Crippen LogP contribution in [0.5, 0.6) is 5.75 Å². The van der Waals surface area contributed by atoms with Gasteiger partial charge in [0, 0.05) is 59.9 Å². The predicted molar refractivity (Wildman–Crippen MR) is 261 cm³/mol. The molecule has 4 amide bonds. The molecule has 0 spiro atoms. The maximum absolute atomic E-state index is 14.1. The van der Waals surface area contributed by atoms with Crippen molar-refractivity contribution in [3.05, 3.63) is 124 Å². The number of benzene rings is 4. The molecule has 0 saturated carbocycles. The van der Waals surface area contributed by atoms with Gasteiger partial charge < -0.3 is 44.9 Å². The Morgan fingerprint density at radius 2 is 1.69 bits per heavy atom. The summed E-state index contributed by atoms with van der Waals surface area (Å²) in [6.07, 6.45) is -0.350. The van der Waals surface area contributed by atoms with Gasteiger partial charge in [-0.15, -0.1) is 11.3 Å². The lowest BCUT2D eigenvalue weighted by atomic mass is 9.85. The van der Waals surface area contributed by atoms with Crippen LogP contribution in [0.15, 0.2) is 95.0 Å². The Kier molecular flexibility index (Phi) is 14.1. The molecule has 15 nitrogen and oxygen atoms in total. The van der Waals surface area contributed by atoms with E-state index in [0.29, 0.717) is 41.1 Å². The summed E-state index contributed by atoms with van der Waals surface area (Å²) in [5.41, 5.74) is 15.5. The number of hydrogen-bond donors (Lipinski definition) is 4. The van der Waals surface area contributed by atoms with E-state index in [1.54, 1.807) is 17.4 Å². The Balaban J connectivity index is 0.877. The molecule has 3 atom stereocenters. The fourth-order valence-corrected chi connectivity index (χ4v) is 9.77. The normalized spacial score (nSPS) is 15.5. The van der Waals surface area contributed by atoms with Gasteiger partial charge in [-0.05, 0) is 78.8 Å². The lowest BCUT2D eigenvalue weighted by molar-refractivity contribution is -0.144. The number of nitrogens with two attached hydrogens (primary N) is 1. The maximum atomic E-state index is 14.1. The van der Waals surface area contributed by atoms with Crippen LogP contribution in [-0.4, -0.2) is 92.9 Å². The molecule has 1 fully saturated rings. The van der Waals surface area contributed by atoms with Gasteiger partial charge in [0.25, 0.3) is 0 Å². The third-order valence-corrected chi connectivity index (χ3v) is 13.3. The van der Waals surface area contributed by atoms with Gasteiger partial charge in [0.2, 0.25) is 23.6 Å². The zero-order chi connectivity index (χ0) is 48.3. The van der Waals surface area contributed by atoms with E-state index in [2.05, 4.69) is 37.5 Å². The van der Waals surface area contributed by atoms with E-state index in [0.717, 1.165) is 54.8 Å². The first-order valence-corrected chi connectivity index (χ1v) is 23.6. The lowest BCUT2D eigenvalue weighted by Gasteiger charge is -2.35. The quantitative estimate of drug-likeness (QED) is 0.0674. The summed E-state index contributed by atoms with van der Waals surface area (Å²) in [7, 11) is 0. The number of aryl methyl sites for hydroxylation is 3. The van der Waals surface area contributed by atoms with E-state index in [1.165, 1.54) is 4.90 Å². The van der Waals surface area contributed by atoms with Crippen LogP contribution < -0.4 is 21.1 Å². The molecule has 8 rings (SSSR count). The van der Waals surface area contributed by atoms with Gasteiger partial charge in [0.15, 0.2) is 0 Å². The number of thiazole rings is 1. The van der Waals surface area contributed by atoms with Crippen LogP contribution >= 0.6 is 11.3 Å². The topological polar surface area (TPSA) is 204 Å². The molecule has 3 aromatic heterocycles. The Labute approximate surface area is 398 Å². The summed E-state index contributed by atoms with van der Waals surface area (Å²) < 4.78 is 19.6. The summed E-state index contributed by atoms with van der Waals surface area (Å²) in [5, 5.41) is 22.1. The average molecular weight is 940 g/mol. The Bertz CT molecular complexity index is 2950. The van der Waals surface area contributed by atoms with Crippen molar-refractivity contribution >= 4 is 56.8 Å². The van der Waals surface area contributed by atoms with E-state index in [4.69, 9.17) is 19.7 Å². The van der Waals surface area contributed by atoms with E-state index in [-0.39, 0.29) is 45.2 Å². The summed E-state index contributed by atoms with van der Waals surface area (Å²) in [4.78, 5) is 60.8. The average Bonchev–Trinajstić information content (AvgIpc) is 4.09. The van der Waals surface area contributed by atoms with Crippen molar-refractivity contribution in [1.82, 2.24) is 30.2 Å². The molecular weight excluding hydrogens is 883 g/mol. The molecule has 4 aromatic carbocycles. The van der Waals surface area contributed by atoms with Crippen LogP contribution in [0.2, 0.25) is 0 Å². The summed E-state index contributed by atoms with van der Waals surface area (Å²) >= 11 is 1.57. The van der Waals surface area contributed by atoms with Crippen molar-refractivity contribution in [3.8, 4) is 27.3 Å². The Morgan fingerprint density at radius 1 is 0.926 bits per heavy atom. The van der Waals surface area contributed by atoms with Crippen molar-refractivity contribution in [2.24, 2.45) is 11.1 Å². The fraction of sp³-hybridized carbons (Fsp3) is 0.346. The first-order valence-electron chi connectivity index (χ1n) is 22.7. The van der Waals surface area contributed by atoms with Gasteiger partial charge in [0.1, 0.15) is 30.2 Å². The zero-order valence-corrected chi connectivity index (χ0v) is 39.9. The van der Waals surface area contributed by atoms with Crippen molar-refractivity contribution in [3.63, 3.8) is 0 Å². The number of primary amides is 1. The van der Waals surface area contributed by atoms with Gasteiger partial charge in [-0.1, -0.05) is 80.5 Å². The highest BCUT2D eigenvalue weighted by molar-refractivity contribution is 7.13. The molecule has 0 radical (unpaired) electrons. The van der Waals surface area contributed by atoms with Gasteiger partial charge in [-0.2, -0.15) is 0 Å². The molecule has 1 aliphatic heterocycles. The molecule has 1 saturated heterocycles. The van der Waals surface area contributed by atoms with Crippen LogP contribution in [0.4, 0.5) is 0 Å². The zero-order valence-electron chi connectivity index (χ0n) is 39.1. The first-order chi connectivity index (χ1) is 32.6. The van der Waals surface area contributed by atoms with Gasteiger partial charge in [-0.25, -0.2) is 4.98 Å². The molecule has 354 valence electrons. The van der Waals surface area contributed by atoms with E-state index >= 15 is 0 Å². The van der Waals surface area contributed by atoms with Crippen molar-refractivity contribution in [1.29, 1.82) is 0 Å². The number of carbonyl (C=O) groups is 4. The molecule has 0 aliphatic carbocycles. The standard InChI is InChI=1S/C52H57N7O8S/c1-30-45(32(3)67-57-30)36-21-40(49(53)62)46-39-24-38(17-18-41(39)58(42(46)22-36)26-34-11-8-7-9-12-34)66-20-10-19-65-28-44(61)56-48(52(4,5)6)51(64)59-27-37(60)23-43(59)50(63)54-25-33-13-15-35(16-14-33)47-31(2)55-29-68-47/h7-9,11-18,21-22,24,29,37,43,48,60H,10,19-20,23,25-28H2,1-6H3,(H2,53,62)(H,54,63)(H,56,61)/t37-,43+,48?/m1/s1.